The monoisotopic (exact) mass is 273 g/mol. The third kappa shape index (κ3) is 6.05. The minimum Gasteiger partial charge on any atom is -0.480 e. The molecule has 3 amide bonds. The standard InChI is InChI=1S/C11H19N3O5/c1-6(15)9(10(17)18)14-11(19)12-5-4-8(16)13-7-2-3-7/h6-7,9,15H,2-5H2,1H3,(H,13,16)(H,17,18)(H2,12,14,19)/t6-,9+/m1/s1. The second-order valence-electron chi connectivity index (χ2n) is 4.55. The lowest BCUT2D eigenvalue weighted by atomic mass is 10.2. The number of carbonyl (C=O) groups is 3. The highest BCUT2D eigenvalue weighted by Crippen LogP contribution is 2.18. The van der Waals surface area contributed by atoms with Gasteiger partial charge in [-0.1, -0.05) is 0 Å². The molecule has 0 spiro atoms. The number of nitrogens with one attached hydrogen (secondary N) is 3. The quantitative estimate of drug-likeness (QED) is 0.397. The predicted octanol–water partition coefficient (Wildman–Crippen LogP) is -1.21. The van der Waals surface area contributed by atoms with Crippen LogP contribution in [0.2, 0.25) is 0 Å². The number of aliphatic hydroxyl groups is 1. The van der Waals surface area contributed by atoms with Crippen molar-refractivity contribution in [2.24, 2.45) is 0 Å². The molecular weight excluding hydrogens is 254 g/mol. The molecule has 1 aliphatic rings. The molecule has 0 aliphatic heterocycles. The first-order chi connectivity index (χ1) is 8.90. The second-order valence-corrected chi connectivity index (χ2v) is 4.55. The lowest BCUT2D eigenvalue weighted by molar-refractivity contribution is -0.141. The van der Waals surface area contributed by atoms with E-state index in [0.29, 0.717) is 0 Å². The molecular formula is C11H19N3O5. The van der Waals surface area contributed by atoms with Crippen LogP contribution >= 0.6 is 0 Å². The Balaban J connectivity index is 2.18. The molecule has 0 aromatic carbocycles. The molecule has 1 aliphatic carbocycles. The number of carbonyl (C=O) groups excluding carboxylic acids is 2. The van der Waals surface area contributed by atoms with Crippen molar-refractivity contribution in [3.8, 4) is 0 Å². The molecule has 0 radical (unpaired) electrons. The van der Waals surface area contributed by atoms with Gasteiger partial charge in [0, 0.05) is 19.0 Å². The highest BCUT2D eigenvalue weighted by atomic mass is 16.4. The molecule has 8 heteroatoms. The average Bonchev–Trinajstić information content (AvgIpc) is 3.08. The molecule has 2 atom stereocenters. The molecule has 0 aromatic heterocycles. The van der Waals surface area contributed by atoms with Crippen molar-refractivity contribution in [3.63, 3.8) is 0 Å². The Morgan fingerprint density at radius 1 is 1.32 bits per heavy atom. The minimum atomic E-state index is -1.37. The lowest BCUT2D eigenvalue weighted by Gasteiger charge is -2.17. The minimum absolute atomic E-state index is 0.108. The maximum absolute atomic E-state index is 11.4. The zero-order chi connectivity index (χ0) is 14.4. The van der Waals surface area contributed by atoms with Gasteiger partial charge in [-0.05, 0) is 19.8 Å². The number of carboxylic acids is 1. The Morgan fingerprint density at radius 3 is 2.42 bits per heavy atom. The normalized spacial score (nSPS) is 17.2. The molecule has 1 saturated carbocycles. The van der Waals surface area contributed by atoms with Gasteiger partial charge in [0.05, 0.1) is 6.10 Å². The van der Waals surface area contributed by atoms with Gasteiger partial charge in [-0.3, -0.25) is 4.79 Å². The molecule has 1 rings (SSSR count). The van der Waals surface area contributed by atoms with Crippen LogP contribution in [0.3, 0.4) is 0 Å². The van der Waals surface area contributed by atoms with E-state index in [1.807, 2.05) is 0 Å². The highest BCUT2D eigenvalue weighted by molar-refractivity contribution is 5.83. The Morgan fingerprint density at radius 2 is 1.95 bits per heavy atom. The van der Waals surface area contributed by atoms with Crippen LogP contribution < -0.4 is 16.0 Å². The largest absolute Gasteiger partial charge is 0.480 e. The van der Waals surface area contributed by atoms with Crippen LogP contribution in [0.25, 0.3) is 0 Å². The SMILES string of the molecule is C[C@@H](O)[C@H](NC(=O)NCCC(=O)NC1CC1)C(=O)O. The first-order valence-corrected chi connectivity index (χ1v) is 6.14. The fourth-order valence-electron chi connectivity index (χ4n) is 1.40. The van der Waals surface area contributed by atoms with E-state index < -0.39 is 24.1 Å². The number of carboxylic acid groups (broad SMARTS) is 1. The second kappa shape index (κ2) is 6.93. The van der Waals surface area contributed by atoms with Crippen LogP contribution in [0.1, 0.15) is 26.2 Å². The van der Waals surface area contributed by atoms with Crippen molar-refractivity contribution in [3.05, 3.63) is 0 Å². The molecule has 0 aromatic rings. The fraction of sp³-hybridized carbons (Fsp3) is 0.727. The Labute approximate surface area is 110 Å². The van der Waals surface area contributed by atoms with Crippen molar-refractivity contribution in [1.29, 1.82) is 0 Å². The van der Waals surface area contributed by atoms with Gasteiger partial charge in [0.1, 0.15) is 0 Å². The number of hydrogen-bond acceptors (Lipinski definition) is 4. The zero-order valence-electron chi connectivity index (χ0n) is 10.7. The van der Waals surface area contributed by atoms with Gasteiger partial charge in [0.15, 0.2) is 6.04 Å². The van der Waals surface area contributed by atoms with E-state index in [-0.39, 0.29) is 24.9 Å². The summed E-state index contributed by atoms with van der Waals surface area (Å²) in [5.74, 6) is -1.47. The summed E-state index contributed by atoms with van der Waals surface area (Å²) in [5, 5.41) is 25.1. The molecule has 108 valence electrons. The molecule has 8 nitrogen and oxygen atoms in total. The fourth-order valence-corrected chi connectivity index (χ4v) is 1.40. The van der Waals surface area contributed by atoms with Gasteiger partial charge in [-0.15, -0.1) is 0 Å². The van der Waals surface area contributed by atoms with E-state index in [0.717, 1.165) is 12.8 Å². The number of urea groups is 1. The van der Waals surface area contributed by atoms with Crippen LogP contribution in [0.5, 0.6) is 0 Å². The van der Waals surface area contributed by atoms with Gasteiger partial charge >= 0.3 is 12.0 Å². The number of aliphatic carboxylic acids is 1. The topological polar surface area (TPSA) is 128 Å². The summed E-state index contributed by atoms with van der Waals surface area (Å²) in [6.07, 6.45) is 0.917. The lowest BCUT2D eigenvalue weighted by Crippen LogP contribution is -2.51. The predicted molar refractivity (Wildman–Crippen MR) is 65.4 cm³/mol. The highest BCUT2D eigenvalue weighted by Gasteiger charge is 2.25. The van der Waals surface area contributed by atoms with E-state index in [2.05, 4.69) is 16.0 Å². The van der Waals surface area contributed by atoms with E-state index in [4.69, 9.17) is 10.2 Å². The molecule has 0 heterocycles. The van der Waals surface area contributed by atoms with E-state index in [1.54, 1.807) is 0 Å². The number of hydrogen-bond donors (Lipinski definition) is 5. The average molecular weight is 273 g/mol. The summed E-state index contributed by atoms with van der Waals surface area (Å²) in [6.45, 7) is 1.37. The third-order valence-electron chi connectivity index (χ3n) is 2.62. The van der Waals surface area contributed by atoms with Crippen LogP contribution in [-0.4, -0.2) is 52.9 Å². The molecule has 0 unspecified atom stereocenters. The Kier molecular flexibility index (Phi) is 5.56. The van der Waals surface area contributed by atoms with Crippen molar-refractivity contribution < 1.29 is 24.6 Å². The first-order valence-electron chi connectivity index (χ1n) is 6.14. The molecule has 0 bridgehead atoms. The molecule has 1 fully saturated rings. The van der Waals surface area contributed by atoms with E-state index in [9.17, 15) is 14.4 Å². The van der Waals surface area contributed by atoms with Gasteiger partial charge in [-0.25, -0.2) is 9.59 Å². The van der Waals surface area contributed by atoms with Crippen LogP contribution in [0.15, 0.2) is 0 Å². The summed E-state index contributed by atoms with van der Waals surface area (Å²) in [5.41, 5.74) is 0. The van der Waals surface area contributed by atoms with Gasteiger partial charge in [0.25, 0.3) is 0 Å². The smallest absolute Gasteiger partial charge is 0.328 e. The Hall–Kier alpha value is -1.83. The van der Waals surface area contributed by atoms with Crippen molar-refractivity contribution in [2.45, 2.75) is 44.4 Å². The molecule has 0 saturated heterocycles. The summed E-state index contributed by atoms with van der Waals surface area (Å²) in [7, 11) is 0. The molecule has 5 N–H and O–H groups in total. The van der Waals surface area contributed by atoms with Crippen molar-refractivity contribution in [1.82, 2.24) is 16.0 Å². The van der Waals surface area contributed by atoms with Crippen LogP contribution in [-0.2, 0) is 9.59 Å². The Bertz CT molecular complexity index is 354. The molecule has 19 heavy (non-hydrogen) atoms. The van der Waals surface area contributed by atoms with Crippen LogP contribution in [0.4, 0.5) is 4.79 Å². The zero-order valence-corrected chi connectivity index (χ0v) is 10.7. The summed E-state index contributed by atoms with van der Waals surface area (Å²) in [4.78, 5) is 33.4. The number of aliphatic hydroxyl groups excluding tert-OH is 1. The summed E-state index contributed by atoms with van der Waals surface area (Å²) in [6, 6.07) is -1.83. The van der Waals surface area contributed by atoms with Gasteiger partial charge < -0.3 is 26.2 Å². The summed E-state index contributed by atoms with van der Waals surface area (Å²) >= 11 is 0. The first kappa shape index (κ1) is 15.2. The van der Waals surface area contributed by atoms with Crippen molar-refractivity contribution in [2.75, 3.05) is 6.54 Å². The maximum atomic E-state index is 11.4. The van der Waals surface area contributed by atoms with Gasteiger partial charge in [0.2, 0.25) is 5.91 Å². The van der Waals surface area contributed by atoms with Crippen molar-refractivity contribution >= 4 is 17.9 Å². The maximum Gasteiger partial charge on any atom is 0.328 e. The summed E-state index contributed by atoms with van der Waals surface area (Å²) < 4.78 is 0. The van der Waals surface area contributed by atoms with Gasteiger partial charge in [-0.2, -0.15) is 0 Å². The number of rotatable bonds is 7. The van der Waals surface area contributed by atoms with E-state index >= 15 is 0 Å². The van der Waals surface area contributed by atoms with E-state index in [1.165, 1.54) is 6.92 Å². The third-order valence-corrected chi connectivity index (χ3v) is 2.62. The number of amides is 3. The van der Waals surface area contributed by atoms with Crippen LogP contribution in [0, 0.1) is 0 Å².